The number of carboxylic acid groups (broad SMARTS) is 1. The SMILES string of the molecule is C[C@@H]1CN(c2ncc(C(=O)O)cn2)C[C@H](C)N1C(=O)OC(C)(C)C. The van der Waals surface area contributed by atoms with Crippen LogP contribution in [0.1, 0.15) is 45.0 Å². The summed E-state index contributed by atoms with van der Waals surface area (Å²) in [6.07, 6.45) is 2.25. The normalized spacial score (nSPS) is 21.5. The minimum atomic E-state index is -1.06. The first kappa shape index (κ1) is 18.0. The van der Waals surface area contributed by atoms with Crippen molar-refractivity contribution in [1.29, 1.82) is 0 Å². The van der Waals surface area contributed by atoms with Crippen LogP contribution in [-0.4, -0.2) is 62.8 Å². The van der Waals surface area contributed by atoms with E-state index in [9.17, 15) is 9.59 Å². The summed E-state index contributed by atoms with van der Waals surface area (Å²) in [5, 5.41) is 8.91. The summed E-state index contributed by atoms with van der Waals surface area (Å²) >= 11 is 0. The lowest BCUT2D eigenvalue weighted by molar-refractivity contribution is 0.00551. The number of carbonyl (C=O) groups is 2. The molecule has 0 aliphatic carbocycles. The van der Waals surface area contributed by atoms with Gasteiger partial charge in [-0.15, -0.1) is 0 Å². The van der Waals surface area contributed by atoms with Gasteiger partial charge in [0.15, 0.2) is 0 Å². The molecule has 1 aromatic heterocycles. The summed E-state index contributed by atoms with van der Waals surface area (Å²) in [6.45, 7) is 10.5. The van der Waals surface area contributed by atoms with E-state index in [1.807, 2.05) is 39.5 Å². The van der Waals surface area contributed by atoms with E-state index in [4.69, 9.17) is 9.84 Å². The number of anilines is 1. The molecule has 2 rings (SSSR count). The number of aromatic nitrogens is 2. The summed E-state index contributed by atoms with van der Waals surface area (Å²) in [7, 11) is 0. The van der Waals surface area contributed by atoms with E-state index >= 15 is 0 Å². The van der Waals surface area contributed by atoms with Crippen LogP contribution in [0.5, 0.6) is 0 Å². The Morgan fingerprint density at radius 3 is 2.08 bits per heavy atom. The highest BCUT2D eigenvalue weighted by atomic mass is 16.6. The third-order valence-electron chi connectivity index (χ3n) is 3.69. The molecule has 0 saturated carbocycles. The van der Waals surface area contributed by atoms with Crippen LogP contribution in [0.2, 0.25) is 0 Å². The predicted molar refractivity (Wildman–Crippen MR) is 88.2 cm³/mol. The third kappa shape index (κ3) is 4.12. The second-order valence-electron chi connectivity index (χ2n) is 7.07. The van der Waals surface area contributed by atoms with Gasteiger partial charge in [0.2, 0.25) is 5.95 Å². The maximum Gasteiger partial charge on any atom is 0.410 e. The zero-order valence-corrected chi connectivity index (χ0v) is 14.7. The first-order valence-corrected chi connectivity index (χ1v) is 7.90. The average molecular weight is 336 g/mol. The van der Waals surface area contributed by atoms with Gasteiger partial charge in [-0.25, -0.2) is 19.6 Å². The lowest BCUT2D eigenvalue weighted by atomic mass is 10.1. The quantitative estimate of drug-likeness (QED) is 0.882. The number of amides is 1. The van der Waals surface area contributed by atoms with Crippen LogP contribution < -0.4 is 4.90 Å². The summed E-state index contributed by atoms with van der Waals surface area (Å²) in [6, 6.07) is -0.155. The van der Waals surface area contributed by atoms with Gasteiger partial charge in [0.1, 0.15) is 5.60 Å². The first-order valence-electron chi connectivity index (χ1n) is 7.90. The van der Waals surface area contributed by atoms with Crippen LogP contribution in [0.4, 0.5) is 10.7 Å². The molecule has 1 aliphatic rings. The molecule has 0 bridgehead atoms. The number of hydrogen-bond donors (Lipinski definition) is 1. The molecule has 0 aromatic carbocycles. The van der Waals surface area contributed by atoms with E-state index in [0.717, 1.165) is 0 Å². The largest absolute Gasteiger partial charge is 0.478 e. The van der Waals surface area contributed by atoms with Crippen molar-refractivity contribution in [1.82, 2.24) is 14.9 Å². The number of carbonyl (C=O) groups excluding carboxylic acids is 1. The molecule has 1 aromatic rings. The van der Waals surface area contributed by atoms with E-state index in [0.29, 0.717) is 19.0 Å². The van der Waals surface area contributed by atoms with E-state index in [-0.39, 0.29) is 23.7 Å². The Morgan fingerprint density at radius 2 is 1.67 bits per heavy atom. The topological polar surface area (TPSA) is 95.9 Å². The molecule has 1 N–H and O–H groups in total. The average Bonchev–Trinajstić information content (AvgIpc) is 2.44. The Bertz CT molecular complexity index is 599. The number of piperazine rings is 1. The monoisotopic (exact) mass is 336 g/mol. The van der Waals surface area contributed by atoms with Gasteiger partial charge in [0.05, 0.1) is 17.6 Å². The van der Waals surface area contributed by atoms with Gasteiger partial charge in [-0.1, -0.05) is 0 Å². The van der Waals surface area contributed by atoms with Gasteiger partial charge in [0, 0.05) is 25.5 Å². The van der Waals surface area contributed by atoms with E-state index in [2.05, 4.69) is 9.97 Å². The van der Waals surface area contributed by atoms with Gasteiger partial charge >= 0.3 is 12.1 Å². The Kier molecular flexibility index (Phi) is 4.96. The minimum absolute atomic E-state index is 0.0484. The van der Waals surface area contributed by atoms with Gasteiger partial charge in [-0.05, 0) is 34.6 Å². The van der Waals surface area contributed by atoms with E-state index in [1.165, 1.54) is 12.4 Å². The Balaban J connectivity index is 2.09. The minimum Gasteiger partial charge on any atom is -0.478 e. The summed E-state index contributed by atoms with van der Waals surface area (Å²) < 4.78 is 5.47. The molecule has 1 aliphatic heterocycles. The first-order chi connectivity index (χ1) is 11.1. The van der Waals surface area contributed by atoms with Crippen LogP contribution in [-0.2, 0) is 4.74 Å². The van der Waals surface area contributed by atoms with Crippen LogP contribution in [0, 0.1) is 0 Å². The van der Waals surface area contributed by atoms with Crippen LogP contribution in [0.3, 0.4) is 0 Å². The second-order valence-corrected chi connectivity index (χ2v) is 7.07. The van der Waals surface area contributed by atoms with Crippen molar-refractivity contribution in [2.75, 3.05) is 18.0 Å². The maximum absolute atomic E-state index is 12.4. The van der Waals surface area contributed by atoms with Crippen LogP contribution >= 0.6 is 0 Å². The Morgan fingerprint density at radius 1 is 1.17 bits per heavy atom. The summed E-state index contributed by atoms with van der Waals surface area (Å²) in [5.74, 6) is -0.597. The van der Waals surface area contributed by atoms with E-state index in [1.54, 1.807) is 4.90 Å². The molecule has 0 unspecified atom stereocenters. The smallest absolute Gasteiger partial charge is 0.410 e. The zero-order valence-electron chi connectivity index (χ0n) is 14.7. The van der Waals surface area contributed by atoms with E-state index < -0.39 is 11.6 Å². The predicted octanol–water partition coefficient (Wildman–Crippen LogP) is 2.01. The lowest BCUT2D eigenvalue weighted by Crippen LogP contribution is -2.59. The molecular weight excluding hydrogens is 312 g/mol. The standard InChI is InChI=1S/C16H24N4O4/c1-10-8-19(14-17-6-12(7-18-14)13(21)22)9-11(2)20(10)15(23)24-16(3,4)5/h6-7,10-11H,8-9H2,1-5H3,(H,21,22)/t10-,11+. The number of rotatable bonds is 2. The molecule has 1 fully saturated rings. The molecule has 2 atom stereocenters. The van der Waals surface area contributed by atoms with Crippen LogP contribution in [0.15, 0.2) is 12.4 Å². The Hall–Kier alpha value is -2.38. The number of hydrogen-bond acceptors (Lipinski definition) is 6. The highest BCUT2D eigenvalue weighted by Gasteiger charge is 2.36. The molecule has 24 heavy (non-hydrogen) atoms. The van der Waals surface area contributed by atoms with Crippen molar-refractivity contribution in [2.24, 2.45) is 0 Å². The lowest BCUT2D eigenvalue weighted by Gasteiger charge is -2.44. The van der Waals surface area contributed by atoms with Gasteiger partial charge in [-0.3, -0.25) is 4.90 Å². The number of carboxylic acids is 1. The molecule has 0 radical (unpaired) electrons. The van der Waals surface area contributed by atoms with Crippen molar-refractivity contribution in [3.63, 3.8) is 0 Å². The number of nitrogens with zero attached hydrogens (tertiary/aromatic N) is 4. The second kappa shape index (κ2) is 6.62. The molecule has 8 nitrogen and oxygen atoms in total. The summed E-state index contributed by atoms with van der Waals surface area (Å²) in [4.78, 5) is 35.2. The third-order valence-corrected chi connectivity index (χ3v) is 3.69. The molecule has 1 amide bonds. The number of ether oxygens (including phenoxy) is 1. The van der Waals surface area contributed by atoms with Gasteiger partial charge < -0.3 is 14.7 Å². The molecule has 8 heteroatoms. The molecular formula is C16H24N4O4. The van der Waals surface area contributed by atoms with Crippen molar-refractivity contribution in [2.45, 2.75) is 52.3 Å². The van der Waals surface area contributed by atoms with Crippen molar-refractivity contribution < 1.29 is 19.4 Å². The number of aromatic carboxylic acids is 1. The van der Waals surface area contributed by atoms with Crippen molar-refractivity contribution in [3.8, 4) is 0 Å². The highest BCUT2D eigenvalue weighted by molar-refractivity contribution is 5.86. The van der Waals surface area contributed by atoms with Gasteiger partial charge in [-0.2, -0.15) is 0 Å². The summed E-state index contributed by atoms with van der Waals surface area (Å²) in [5.41, 5.74) is -0.490. The molecule has 132 valence electrons. The molecule has 0 spiro atoms. The molecule has 2 heterocycles. The zero-order chi connectivity index (χ0) is 18.1. The highest BCUT2D eigenvalue weighted by Crippen LogP contribution is 2.22. The molecule has 1 saturated heterocycles. The van der Waals surface area contributed by atoms with Crippen molar-refractivity contribution >= 4 is 18.0 Å². The fourth-order valence-corrected chi connectivity index (χ4v) is 2.76. The Labute approximate surface area is 141 Å². The van der Waals surface area contributed by atoms with Crippen molar-refractivity contribution in [3.05, 3.63) is 18.0 Å². The van der Waals surface area contributed by atoms with Crippen LogP contribution in [0.25, 0.3) is 0 Å². The van der Waals surface area contributed by atoms with Gasteiger partial charge in [0.25, 0.3) is 0 Å². The fourth-order valence-electron chi connectivity index (χ4n) is 2.76. The maximum atomic E-state index is 12.4. The fraction of sp³-hybridized carbons (Fsp3) is 0.625.